The maximum absolute atomic E-state index is 14.1. The minimum Gasteiger partial charge on any atom is -0.384 e. The molecule has 1 fully saturated rings. The molecule has 3 amide bonds. The quantitative estimate of drug-likeness (QED) is 0.427. The van der Waals surface area contributed by atoms with E-state index in [0.717, 1.165) is 23.6 Å². The predicted octanol–water partition coefficient (Wildman–Crippen LogP) is 3.64. The number of rotatable bonds is 10. The predicted molar refractivity (Wildman–Crippen MR) is 157 cm³/mol. The number of hydrogen-bond donors (Lipinski definition) is 2. The van der Waals surface area contributed by atoms with Crippen molar-refractivity contribution in [1.82, 2.24) is 10.2 Å². The van der Waals surface area contributed by atoms with Crippen molar-refractivity contribution >= 4 is 50.7 Å². The van der Waals surface area contributed by atoms with Gasteiger partial charge in [0.2, 0.25) is 17.7 Å². The average Bonchev–Trinajstić information content (AvgIpc) is 2.91. The fraction of sp³-hybridized carbons (Fsp3) is 0.483. The summed E-state index contributed by atoms with van der Waals surface area (Å²) in [6, 6.07) is 8.50. The first-order valence-electron chi connectivity index (χ1n) is 13.8. The van der Waals surface area contributed by atoms with Crippen molar-refractivity contribution < 1.29 is 27.5 Å². The second-order valence-electron chi connectivity index (χ2n) is 10.6. The van der Waals surface area contributed by atoms with Crippen LogP contribution in [0.5, 0.6) is 0 Å². The summed E-state index contributed by atoms with van der Waals surface area (Å²) in [6.45, 7) is 5.48. The third-order valence-electron chi connectivity index (χ3n) is 7.67. The minimum absolute atomic E-state index is 0.0591. The lowest BCUT2D eigenvalue weighted by molar-refractivity contribution is -0.133. The number of nitrogens with one attached hydrogen (secondary N) is 2. The van der Waals surface area contributed by atoms with Crippen molar-refractivity contribution in [3.8, 4) is 0 Å². The van der Waals surface area contributed by atoms with Gasteiger partial charge in [-0.1, -0.05) is 23.7 Å². The number of sulfonamides is 1. The first kappa shape index (κ1) is 30.8. The number of nitrogens with zero attached hydrogens (tertiary/aromatic N) is 2. The summed E-state index contributed by atoms with van der Waals surface area (Å²) in [5, 5.41) is 6.04. The van der Waals surface area contributed by atoms with Gasteiger partial charge in [0.05, 0.1) is 35.7 Å². The van der Waals surface area contributed by atoms with Gasteiger partial charge in [-0.05, 0) is 74.4 Å². The van der Waals surface area contributed by atoms with Crippen LogP contribution in [0.4, 0.5) is 11.4 Å². The molecule has 12 heteroatoms. The second kappa shape index (κ2) is 13.2. The number of ether oxygens (including phenoxy) is 1. The number of methoxy groups -OCH3 is 1. The number of halogens is 1. The Morgan fingerprint density at radius 2 is 1.78 bits per heavy atom. The van der Waals surface area contributed by atoms with Crippen molar-refractivity contribution in [3.63, 3.8) is 0 Å². The molecule has 0 saturated carbocycles. The highest BCUT2D eigenvalue weighted by molar-refractivity contribution is 7.93. The summed E-state index contributed by atoms with van der Waals surface area (Å²) >= 11 is 6.16. The molecule has 1 atom stereocenters. The van der Waals surface area contributed by atoms with Gasteiger partial charge in [0.1, 0.15) is 6.04 Å². The van der Waals surface area contributed by atoms with Crippen LogP contribution in [0.3, 0.4) is 0 Å². The molecule has 2 aromatic carbocycles. The molecule has 4 rings (SSSR count). The molecule has 41 heavy (non-hydrogen) atoms. The lowest BCUT2D eigenvalue weighted by Gasteiger charge is -2.37. The molecule has 10 nitrogen and oxygen atoms in total. The Balaban J connectivity index is 1.44. The first-order valence-corrected chi connectivity index (χ1v) is 15.6. The van der Waals surface area contributed by atoms with E-state index in [2.05, 4.69) is 10.6 Å². The van der Waals surface area contributed by atoms with Crippen LogP contribution in [-0.4, -0.2) is 70.4 Å². The minimum atomic E-state index is -4.24. The number of piperidine rings is 1. The molecule has 0 bridgehead atoms. The van der Waals surface area contributed by atoms with Crippen LogP contribution in [0.1, 0.15) is 43.2 Å². The van der Waals surface area contributed by atoms with E-state index in [1.165, 1.54) is 0 Å². The van der Waals surface area contributed by atoms with Crippen LogP contribution in [-0.2, 0) is 29.1 Å². The summed E-state index contributed by atoms with van der Waals surface area (Å²) in [4.78, 5) is 40.4. The molecule has 1 saturated heterocycles. The van der Waals surface area contributed by atoms with Crippen molar-refractivity contribution in [1.29, 1.82) is 0 Å². The highest BCUT2D eigenvalue weighted by Gasteiger charge is 2.43. The van der Waals surface area contributed by atoms with E-state index in [0.29, 0.717) is 66.1 Å². The zero-order chi connectivity index (χ0) is 29.7. The molecule has 2 heterocycles. The maximum atomic E-state index is 14.1. The SMILES string of the molecule is COCCC(=O)N1CCC(CCNC(=O)CC2C(=O)Nc3ccccc3N2S(=O)(=O)c2c(C)cc(Cl)cc2C)CC1. The largest absolute Gasteiger partial charge is 0.384 e. The molecule has 0 aliphatic carbocycles. The van der Waals surface area contributed by atoms with E-state index >= 15 is 0 Å². The lowest BCUT2D eigenvalue weighted by Crippen LogP contribution is -2.53. The van der Waals surface area contributed by atoms with Crippen molar-refractivity contribution in [2.45, 2.75) is 56.9 Å². The Bertz CT molecular complexity index is 1380. The zero-order valence-electron chi connectivity index (χ0n) is 23.6. The van der Waals surface area contributed by atoms with E-state index in [4.69, 9.17) is 16.3 Å². The normalized spacial score (nSPS) is 17.7. The summed E-state index contributed by atoms with van der Waals surface area (Å²) in [6.07, 6.45) is 2.47. The van der Waals surface area contributed by atoms with Crippen LogP contribution in [0.2, 0.25) is 5.02 Å². The second-order valence-corrected chi connectivity index (χ2v) is 12.8. The van der Waals surface area contributed by atoms with Gasteiger partial charge in [-0.25, -0.2) is 8.42 Å². The van der Waals surface area contributed by atoms with Gasteiger partial charge in [0.15, 0.2) is 0 Å². The lowest BCUT2D eigenvalue weighted by atomic mass is 9.93. The maximum Gasteiger partial charge on any atom is 0.265 e. The summed E-state index contributed by atoms with van der Waals surface area (Å²) < 4.78 is 34.3. The number of benzene rings is 2. The molecule has 2 aromatic rings. The smallest absolute Gasteiger partial charge is 0.265 e. The van der Waals surface area contributed by atoms with Crippen LogP contribution in [0.25, 0.3) is 0 Å². The van der Waals surface area contributed by atoms with E-state index in [1.807, 2.05) is 4.90 Å². The van der Waals surface area contributed by atoms with Crippen LogP contribution >= 0.6 is 11.6 Å². The Kier molecular flexibility index (Phi) is 9.93. The summed E-state index contributed by atoms with van der Waals surface area (Å²) in [5.74, 6) is -0.535. The number of fused-ring (bicyclic) bond motifs is 1. The fourth-order valence-electron chi connectivity index (χ4n) is 5.62. The van der Waals surface area contributed by atoms with Crippen molar-refractivity contribution in [2.24, 2.45) is 5.92 Å². The van der Waals surface area contributed by atoms with E-state index in [-0.39, 0.29) is 17.2 Å². The van der Waals surface area contributed by atoms with Crippen LogP contribution < -0.4 is 14.9 Å². The Hall–Kier alpha value is -3.15. The van der Waals surface area contributed by atoms with Gasteiger partial charge in [-0.2, -0.15) is 0 Å². The molecule has 2 N–H and O–H groups in total. The molecule has 1 unspecified atom stereocenters. The van der Waals surface area contributed by atoms with E-state index < -0.39 is 27.9 Å². The topological polar surface area (TPSA) is 125 Å². The van der Waals surface area contributed by atoms with E-state index in [1.54, 1.807) is 57.4 Å². The molecular formula is C29H37ClN4O6S. The molecule has 2 aliphatic heterocycles. The number of carbonyl (C=O) groups excluding carboxylic acids is 3. The molecule has 222 valence electrons. The number of likely N-dealkylation sites (tertiary alicyclic amines) is 1. The molecular weight excluding hydrogens is 568 g/mol. The Labute approximate surface area is 246 Å². The monoisotopic (exact) mass is 604 g/mol. The van der Waals surface area contributed by atoms with Gasteiger partial charge < -0.3 is 20.3 Å². The van der Waals surface area contributed by atoms with Crippen LogP contribution in [0, 0.1) is 19.8 Å². The van der Waals surface area contributed by atoms with Crippen molar-refractivity contribution in [2.75, 3.05) is 43.0 Å². The third kappa shape index (κ3) is 7.02. The average molecular weight is 605 g/mol. The number of aryl methyl sites for hydroxylation is 2. The van der Waals surface area contributed by atoms with Gasteiger partial charge in [0.25, 0.3) is 10.0 Å². The van der Waals surface area contributed by atoms with Gasteiger partial charge in [-0.15, -0.1) is 0 Å². The number of anilines is 2. The number of hydrogen-bond acceptors (Lipinski definition) is 6. The Morgan fingerprint density at radius 1 is 1.12 bits per heavy atom. The van der Waals surface area contributed by atoms with Gasteiger partial charge >= 0.3 is 0 Å². The Morgan fingerprint density at radius 3 is 2.44 bits per heavy atom. The standard InChI is InChI=1S/C29H37ClN4O6S/c1-19-16-22(30)17-20(2)28(19)41(38,39)34-24-7-5-4-6-23(24)32-29(37)25(34)18-26(35)31-12-8-21-9-13-33(14-10-21)27(36)11-15-40-3/h4-7,16-17,21,25H,8-15,18H2,1-3H3,(H,31,35)(H,32,37). The summed E-state index contributed by atoms with van der Waals surface area (Å²) in [7, 11) is -2.67. The highest BCUT2D eigenvalue weighted by atomic mass is 35.5. The number of para-hydroxylation sites is 2. The molecule has 0 spiro atoms. The highest BCUT2D eigenvalue weighted by Crippen LogP contribution is 2.39. The first-order chi connectivity index (χ1) is 19.5. The fourth-order valence-corrected chi connectivity index (χ4v) is 8.00. The number of carbonyl (C=O) groups is 3. The number of amides is 3. The summed E-state index contributed by atoms with van der Waals surface area (Å²) in [5.41, 5.74) is 1.56. The van der Waals surface area contributed by atoms with E-state index in [9.17, 15) is 22.8 Å². The van der Waals surface area contributed by atoms with Gasteiger partial charge in [0, 0.05) is 31.8 Å². The van der Waals surface area contributed by atoms with Gasteiger partial charge in [-0.3, -0.25) is 18.7 Å². The van der Waals surface area contributed by atoms with Crippen LogP contribution in [0.15, 0.2) is 41.3 Å². The third-order valence-corrected chi connectivity index (χ3v) is 10.0. The zero-order valence-corrected chi connectivity index (χ0v) is 25.2. The molecule has 2 aliphatic rings. The molecule has 0 aromatic heterocycles. The van der Waals surface area contributed by atoms with Crippen molar-refractivity contribution in [3.05, 3.63) is 52.5 Å². The molecule has 0 radical (unpaired) electrons.